The van der Waals surface area contributed by atoms with Crippen molar-refractivity contribution in [3.8, 4) is 0 Å². The third kappa shape index (κ3) is 1.50. The van der Waals surface area contributed by atoms with Crippen LogP contribution in [-0.2, 0) is 6.42 Å². The van der Waals surface area contributed by atoms with Crippen LogP contribution in [0.3, 0.4) is 0 Å². The first-order valence-electron chi connectivity index (χ1n) is 5.94. The summed E-state index contributed by atoms with van der Waals surface area (Å²) >= 11 is 0. The topological polar surface area (TPSA) is 29.0 Å². The van der Waals surface area contributed by atoms with Crippen molar-refractivity contribution in [3.05, 3.63) is 17.6 Å². The summed E-state index contributed by atoms with van der Waals surface area (Å²) < 4.78 is 0. The van der Waals surface area contributed by atoms with Crippen LogP contribution in [0.25, 0.3) is 0 Å². The summed E-state index contributed by atoms with van der Waals surface area (Å²) in [5, 5.41) is 0. The van der Waals surface area contributed by atoms with Gasteiger partial charge in [-0.15, -0.1) is 0 Å². The van der Waals surface area contributed by atoms with Gasteiger partial charge in [0.25, 0.3) is 0 Å². The molecule has 1 fully saturated rings. The van der Waals surface area contributed by atoms with Gasteiger partial charge in [-0.3, -0.25) is 0 Å². The Bertz CT molecular complexity index is 369. The number of anilines is 1. The van der Waals surface area contributed by atoms with Crippen molar-refractivity contribution in [1.29, 1.82) is 0 Å². The summed E-state index contributed by atoms with van der Waals surface area (Å²) in [7, 11) is 0. The minimum atomic E-state index is 0.751. The van der Waals surface area contributed by atoms with Gasteiger partial charge < -0.3 is 4.90 Å². The van der Waals surface area contributed by atoms with Crippen LogP contribution in [0.5, 0.6) is 0 Å². The van der Waals surface area contributed by atoms with Crippen molar-refractivity contribution in [3.63, 3.8) is 0 Å². The van der Waals surface area contributed by atoms with Crippen molar-refractivity contribution in [2.75, 3.05) is 11.4 Å². The molecule has 2 aliphatic rings. The van der Waals surface area contributed by atoms with Gasteiger partial charge in [-0.25, -0.2) is 9.97 Å². The van der Waals surface area contributed by atoms with Gasteiger partial charge in [0.1, 0.15) is 11.6 Å². The molecule has 1 aliphatic carbocycles. The van der Waals surface area contributed by atoms with E-state index in [2.05, 4.69) is 14.9 Å². The average molecular weight is 203 g/mol. The van der Waals surface area contributed by atoms with Crippen molar-refractivity contribution >= 4 is 5.82 Å². The first kappa shape index (κ1) is 9.13. The lowest BCUT2D eigenvalue weighted by Crippen LogP contribution is -2.31. The third-order valence-electron chi connectivity index (χ3n) is 3.62. The van der Waals surface area contributed by atoms with Crippen molar-refractivity contribution < 1.29 is 0 Å². The zero-order valence-electron chi connectivity index (χ0n) is 9.24. The maximum atomic E-state index is 4.59. The Morgan fingerprint density at radius 1 is 1.33 bits per heavy atom. The van der Waals surface area contributed by atoms with Gasteiger partial charge in [0.15, 0.2) is 0 Å². The Labute approximate surface area is 90.5 Å². The maximum Gasteiger partial charge on any atom is 0.135 e. The van der Waals surface area contributed by atoms with E-state index in [1.807, 2.05) is 13.1 Å². The molecular weight excluding hydrogens is 186 g/mol. The first-order chi connectivity index (χ1) is 7.34. The molecule has 0 atom stereocenters. The molecule has 1 aliphatic heterocycles. The van der Waals surface area contributed by atoms with Crippen LogP contribution in [0.1, 0.15) is 37.1 Å². The van der Waals surface area contributed by atoms with E-state index in [9.17, 15) is 0 Å². The molecule has 3 rings (SSSR count). The minimum Gasteiger partial charge on any atom is -0.353 e. The summed E-state index contributed by atoms with van der Waals surface area (Å²) in [6.07, 6.45) is 8.62. The summed E-state index contributed by atoms with van der Waals surface area (Å²) in [6.45, 7) is 3.13. The largest absolute Gasteiger partial charge is 0.353 e. The van der Waals surface area contributed by atoms with Crippen LogP contribution in [-0.4, -0.2) is 22.6 Å². The lowest BCUT2D eigenvalue weighted by molar-refractivity contribution is 0.619. The van der Waals surface area contributed by atoms with Crippen molar-refractivity contribution in [2.24, 2.45) is 0 Å². The second-order valence-electron chi connectivity index (χ2n) is 4.65. The van der Waals surface area contributed by atoms with Gasteiger partial charge in [0.2, 0.25) is 0 Å². The fraction of sp³-hybridized carbons (Fsp3) is 0.667. The molecule has 80 valence electrons. The number of aromatic nitrogens is 2. The van der Waals surface area contributed by atoms with E-state index in [0.717, 1.165) is 24.8 Å². The van der Waals surface area contributed by atoms with E-state index in [1.165, 1.54) is 37.1 Å². The minimum absolute atomic E-state index is 0.751. The van der Waals surface area contributed by atoms with Crippen LogP contribution in [0, 0.1) is 6.92 Å². The average Bonchev–Trinajstić information content (AvgIpc) is 2.83. The maximum absolute atomic E-state index is 4.59. The highest BCUT2D eigenvalue weighted by Crippen LogP contribution is 2.33. The predicted octanol–water partition coefficient (Wildman–Crippen LogP) is 2.09. The fourth-order valence-corrected chi connectivity index (χ4v) is 2.83. The first-order valence-corrected chi connectivity index (χ1v) is 5.94. The molecule has 0 saturated heterocycles. The molecule has 0 unspecified atom stereocenters. The molecule has 1 aromatic rings. The van der Waals surface area contributed by atoms with E-state index >= 15 is 0 Å². The second-order valence-corrected chi connectivity index (χ2v) is 4.65. The summed E-state index contributed by atoms with van der Waals surface area (Å²) in [6, 6.07) is 0.751. The van der Waals surface area contributed by atoms with Gasteiger partial charge in [-0.2, -0.15) is 0 Å². The number of nitrogens with zero attached hydrogens (tertiary/aromatic N) is 3. The highest BCUT2D eigenvalue weighted by molar-refractivity contribution is 5.52. The van der Waals surface area contributed by atoms with E-state index in [-0.39, 0.29) is 0 Å². The molecule has 1 saturated carbocycles. The number of hydrogen-bond donors (Lipinski definition) is 0. The highest BCUT2D eigenvalue weighted by Gasteiger charge is 2.29. The van der Waals surface area contributed by atoms with Crippen molar-refractivity contribution in [2.45, 2.75) is 45.1 Å². The number of aryl methyl sites for hydroxylation is 1. The molecule has 0 bridgehead atoms. The van der Waals surface area contributed by atoms with Crippen LogP contribution in [0.15, 0.2) is 6.20 Å². The van der Waals surface area contributed by atoms with Gasteiger partial charge in [0.05, 0.1) is 0 Å². The van der Waals surface area contributed by atoms with E-state index in [1.54, 1.807) is 0 Å². The number of fused-ring (bicyclic) bond motifs is 1. The quantitative estimate of drug-likeness (QED) is 0.700. The molecular formula is C12H17N3. The molecule has 0 aromatic carbocycles. The van der Waals surface area contributed by atoms with Gasteiger partial charge in [-0.1, -0.05) is 12.8 Å². The van der Waals surface area contributed by atoms with Crippen LogP contribution < -0.4 is 4.90 Å². The third-order valence-corrected chi connectivity index (χ3v) is 3.62. The standard InChI is InChI=1S/C12H17N3/c1-9-13-8-10-6-7-15(12(10)14-9)11-4-2-3-5-11/h8,11H,2-7H2,1H3. The molecule has 3 heteroatoms. The Morgan fingerprint density at radius 3 is 2.93 bits per heavy atom. The lowest BCUT2D eigenvalue weighted by Gasteiger charge is -2.25. The van der Waals surface area contributed by atoms with Gasteiger partial charge in [0, 0.05) is 24.3 Å². The Kier molecular flexibility index (Phi) is 2.11. The molecule has 1 aromatic heterocycles. The molecule has 15 heavy (non-hydrogen) atoms. The Morgan fingerprint density at radius 2 is 2.13 bits per heavy atom. The van der Waals surface area contributed by atoms with Gasteiger partial charge in [-0.05, 0) is 26.2 Å². The van der Waals surface area contributed by atoms with Crippen molar-refractivity contribution in [1.82, 2.24) is 9.97 Å². The van der Waals surface area contributed by atoms with E-state index in [0.29, 0.717) is 0 Å². The molecule has 0 amide bonds. The van der Waals surface area contributed by atoms with Crippen LogP contribution >= 0.6 is 0 Å². The number of rotatable bonds is 1. The zero-order valence-corrected chi connectivity index (χ0v) is 9.24. The molecule has 3 nitrogen and oxygen atoms in total. The molecule has 0 spiro atoms. The highest BCUT2D eigenvalue weighted by atomic mass is 15.2. The summed E-state index contributed by atoms with van der Waals surface area (Å²) in [4.78, 5) is 11.4. The summed E-state index contributed by atoms with van der Waals surface area (Å²) in [5.74, 6) is 2.12. The van der Waals surface area contributed by atoms with Crippen LogP contribution in [0.2, 0.25) is 0 Å². The smallest absolute Gasteiger partial charge is 0.135 e. The lowest BCUT2D eigenvalue weighted by atomic mass is 10.2. The fourth-order valence-electron chi connectivity index (χ4n) is 2.83. The summed E-state index contributed by atoms with van der Waals surface area (Å²) in [5.41, 5.74) is 1.34. The number of hydrogen-bond acceptors (Lipinski definition) is 3. The molecule has 0 N–H and O–H groups in total. The second kappa shape index (κ2) is 3.47. The Hall–Kier alpha value is -1.12. The van der Waals surface area contributed by atoms with E-state index < -0.39 is 0 Å². The normalized spacial score (nSPS) is 21.0. The SMILES string of the molecule is Cc1ncc2c(n1)N(C1CCCC1)CC2. The zero-order chi connectivity index (χ0) is 10.3. The predicted molar refractivity (Wildman–Crippen MR) is 60.1 cm³/mol. The van der Waals surface area contributed by atoms with Gasteiger partial charge >= 0.3 is 0 Å². The molecule has 2 heterocycles. The van der Waals surface area contributed by atoms with E-state index in [4.69, 9.17) is 0 Å². The molecule has 0 radical (unpaired) electrons. The van der Waals surface area contributed by atoms with Crippen LogP contribution in [0.4, 0.5) is 5.82 Å². The monoisotopic (exact) mass is 203 g/mol. The Balaban J connectivity index is 1.92.